The summed E-state index contributed by atoms with van der Waals surface area (Å²) in [6.07, 6.45) is 0. The van der Waals surface area contributed by atoms with E-state index in [-0.39, 0.29) is 24.4 Å². The molecule has 1 saturated heterocycles. The Balaban J connectivity index is 1.98. The van der Waals surface area contributed by atoms with Gasteiger partial charge in [-0.3, -0.25) is 9.59 Å². The molecule has 1 unspecified atom stereocenters. The van der Waals surface area contributed by atoms with E-state index in [2.05, 4.69) is 10.6 Å². The molecule has 0 spiro atoms. The molecule has 0 aromatic heterocycles. The number of anilines is 1. The molecule has 23 heavy (non-hydrogen) atoms. The fourth-order valence-electron chi connectivity index (χ4n) is 2.65. The maximum Gasteiger partial charge on any atom is 0.244 e. The third-order valence-corrected chi connectivity index (χ3v) is 3.99. The zero-order valence-electron chi connectivity index (χ0n) is 14.0. The van der Waals surface area contributed by atoms with Gasteiger partial charge in [-0.25, -0.2) is 0 Å². The van der Waals surface area contributed by atoms with Crippen molar-refractivity contribution in [2.45, 2.75) is 26.8 Å². The molecule has 1 fully saturated rings. The summed E-state index contributed by atoms with van der Waals surface area (Å²) < 4.78 is 5.32. The Hall–Kier alpha value is -1.92. The van der Waals surface area contributed by atoms with Crippen LogP contribution in [0.4, 0.5) is 5.69 Å². The molecular formula is C17H25N3O3. The number of para-hydroxylation sites is 1. The molecule has 6 heteroatoms. The average molecular weight is 319 g/mol. The number of nitrogens with one attached hydrogen (secondary N) is 2. The zero-order chi connectivity index (χ0) is 16.8. The highest BCUT2D eigenvalue weighted by atomic mass is 16.5. The van der Waals surface area contributed by atoms with Crippen LogP contribution >= 0.6 is 0 Å². The molecule has 0 saturated carbocycles. The predicted molar refractivity (Wildman–Crippen MR) is 89.4 cm³/mol. The number of hydrogen-bond donors (Lipinski definition) is 2. The Morgan fingerprint density at radius 3 is 2.61 bits per heavy atom. The van der Waals surface area contributed by atoms with E-state index in [4.69, 9.17) is 4.74 Å². The molecule has 0 aliphatic carbocycles. The molecule has 126 valence electrons. The van der Waals surface area contributed by atoms with Crippen LogP contribution in [0.2, 0.25) is 0 Å². The van der Waals surface area contributed by atoms with E-state index in [9.17, 15) is 9.59 Å². The molecule has 0 bridgehead atoms. The molecule has 1 aromatic carbocycles. The molecule has 2 amide bonds. The standard InChI is InChI=1S/C17H25N3O3/c1-4-20(17(22)14-11-23-9-8-18-14)10-15(21)19-16-12(2)6-5-7-13(16)3/h5-7,14,18H,4,8-11H2,1-3H3,(H,19,21). The predicted octanol–water partition coefficient (Wildman–Crippen LogP) is 1.08. The van der Waals surface area contributed by atoms with Gasteiger partial charge >= 0.3 is 0 Å². The highest BCUT2D eigenvalue weighted by molar-refractivity contribution is 5.96. The summed E-state index contributed by atoms with van der Waals surface area (Å²) in [6, 6.07) is 5.50. The number of nitrogens with zero attached hydrogens (tertiary/aromatic N) is 1. The molecule has 6 nitrogen and oxygen atoms in total. The number of likely N-dealkylation sites (N-methyl/N-ethyl adjacent to an activating group) is 1. The van der Waals surface area contributed by atoms with Crippen LogP contribution in [0.5, 0.6) is 0 Å². The van der Waals surface area contributed by atoms with Gasteiger partial charge in [-0.2, -0.15) is 0 Å². The first kappa shape index (κ1) is 17.4. The Morgan fingerprint density at radius 2 is 2.04 bits per heavy atom. The lowest BCUT2D eigenvalue weighted by Crippen LogP contribution is -2.53. The van der Waals surface area contributed by atoms with Gasteiger partial charge < -0.3 is 20.3 Å². The van der Waals surface area contributed by atoms with E-state index < -0.39 is 0 Å². The number of ether oxygens (including phenoxy) is 1. The van der Waals surface area contributed by atoms with Crippen LogP contribution in [0.1, 0.15) is 18.1 Å². The zero-order valence-corrected chi connectivity index (χ0v) is 14.0. The second kappa shape index (κ2) is 8.08. The first-order valence-electron chi connectivity index (χ1n) is 7.99. The first-order valence-corrected chi connectivity index (χ1v) is 7.99. The quantitative estimate of drug-likeness (QED) is 0.852. The fraction of sp³-hybridized carbons (Fsp3) is 0.529. The molecular weight excluding hydrogens is 294 g/mol. The lowest BCUT2D eigenvalue weighted by molar-refractivity contribution is -0.138. The second-order valence-electron chi connectivity index (χ2n) is 5.75. The van der Waals surface area contributed by atoms with Crippen molar-refractivity contribution in [3.63, 3.8) is 0 Å². The fourth-order valence-corrected chi connectivity index (χ4v) is 2.65. The molecule has 0 radical (unpaired) electrons. The van der Waals surface area contributed by atoms with E-state index >= 15 is 0 Å². The Morgan fingerprint density at radius 1 is 1.35 bits per heavy atom. The van der Waals surface area contributed by atoms with E-state index in [0.29, 0.717) is 26.3 Å². The van der Waals surface area contributed by atoms with Crippen molar-refractivity contribution >= 4 is 17.5 Å². The summed E-state index contributed by atoms with van der Waals surface area (Å²) in [5.41, 5.74) is 2.84. The van der Waals surface area contributed by atoms with Gasteiger partial charge in [-0.05, 0) is 31.9 Å². The summed E-state index contributed by atoms with van der Waals surface area (Å²) >= 11 is 0. The average Bonchev–Trinajstić information content (AvgIpc) is 2.56. The van der Waals surface area contributed by atoms with Crippen molar-refractivity contribution in [1.82, 2.24) is 10.2 Å². The van der Waals surface area contributed by atoms with Crippen LogP contribution in [0.15, 0.2) is 18.2 Å². The number of amides is 2. The number of morpholine rings is 1. The number of carbonyl (C=O) groups excluding carboxylic acids is 2. The van der Waals surface area contributed by atoms with Crippen molar-refractivity contribution < 1.29 is 14.3 Å². The number of hydrogen-bond acceptors (Lipinski definition) is 4. The van der Waals surface area contributed by atoms with E-state index in [1.807, 2.05) is 39.0 Å². The monoisotopic (exact) mass is 319 g/mol. The Bertz CT molecular complexity index is 548. The van der Waals surface area contributed by atoms with Crippen LogP contribution in [-0.4, -0.2) is 55.6 Å². The third kappa shape index (κ3) is 4.53. The largest absolute Gasteiger partial charge is 0.378 e. The SMILES string of the molecule is CCN(CC(=O)Nc1c(C)cccc1C)C(=O)C1COCCN1. The van der Waals surface area contributed by atoms with Crippen molar-refractivity contribution in [3.8, 4) is 0 Å². The molecule has 1 aliphatic rings. The van der Waals surface area contributed by atoms with Gasteiger partial charge in [-0.1, -0.05) is 18.2 Å². The number of aryl methyl sites for hydroxylation is 2. The lowest BCUT2D eigenvalue weighted by atomic mass is 10.1. The van der Waals surface area contributed by atoms with Crippen LogP contribution in [-0.2, 0) is 14.3 Å². The number of benzene rings is 1. The summed E-state index contributed by atoms with van der Waals surface area (Å²) in [7, 11) is 0. The van der Waals surface area contributed by atoms with Crippen LogP contribution in [0.3, 0.4) is 0 Å². The van der Waals surface area contributed by atoms with Crippen LogP contribution in [0.25, 0.3) is 0 Å². The lowest BCUT2D eigenvalue weighted by Gasteiger charge is -2.29. The van der Waals surface area contributed by atoms with Gasteiger partial charge in [0.2, 0.25) is 11.8 Å². The normalized spacial score (nSPS) is 17.6. The minimum absolute atomic E-state index is 0.0429. The molecule has 1 aromatic rings. The first-order chi connectivity index (χ1) is 11.0. The maximum atomic E-state index is 12.5. The highest BCUT2D eigenvalue weighted by Crippen LogP contribution is 2.19. The van der Waals surface area contributed by atoms with Crippen molar-refractivity contribution in [2.24, 2.45) is 0 Å². The molecule has 1 aliphatic heterocycles. The van der Waals surface area contributed by atoms with Gasteiger partial charge in [0.05, 0.1) is 19.8 Å². The smallest absolute Gasteiger partial charge is 0.244 e. The third-order valence-electron chi connectivity index (χ3n) is 3.99. The Kier molecular flexibility index (Phi) is 6.12. The van der Waals surface area contributed by atoms with E-state index in [1.165, 1.54) is 0 Å². The van der Waals surface area contributed by atoms with Crippen molar-refractivity contribution in [1.29, 1.82) is 0 Å². The number of carbonyl (C=O) groups is 2. The van der Waals surface area contributed by atoms with Crippen molar-refractivity contribution in [3.05, 3.63) is 29.3 Å². The minimum atomic E-state index is -0.364. The molecule has 1 atom stereocenters. The highest BCUT2D eigenvalue weighted by Gasteiger charge is 2.26. The molecule has 2 N–H and O–H groups in total. The minimum Gasteiger partial charge on any atom is -0.378 e. The van der Waals surface area contributed by atoms with Gasteiger partial charge in [0.25, 0.3) is 0 Å². The summed E-state index contributed by atoms with van der Waals surface area (Å²) in [6.45, 7) is 7.93. The molecule has 2 rings (SSSR count). The summed E-state index contributed by atoms with van der Waals surface area (Å²) in [5.74, 6) is -0.279. The van der Waals surface area contributed by atoms with Gasteiger partial charge in [0.15, 0.2) is 0 Å². The van der Waals surface area contributed by atoms with E-state index in [1.54, 1.807) is 4.90 Å². The van der Waals surface area contributed by atoms with Crippen LogP contribution < -0.4 is 10.6 Å². The van der Waals surface area contributed by atoms with Crippen LogP contribution in [0, 0.1) is 13.8 Å². The molecule has 1 heterocycles. The number of rotatable bonds is 5. The summed E-state index contributed by atoms with van der Waals surface area (Å²) in [4.78, 5) is 26.3. The van der Waals surface area contributed by atoms with E-state index in [0.717, 1.165) is 16.8 Å². The maximum absolute atomic E-state index is 12.5. The van der Waals surface area contributed by atoms with Crippen molar-refractivity contribution in [2.75, 3.05) is 38.2 Å². The second-order valence-corrected chi connectivity index (χ2v) is 5.75. The summed E-state index contributed by atoms with van der Waals surface area (Å²) in [5, 5.41) is 6.04. The van der Waals surface area contributed by atoms with Gasteiger partial charge in [-0.15, -0.1) is 0 Å². The van der Waals surface area contributed by atoms with Gasteiger partial charge in [0, 0.05) is 18.8 Å². The topological polar surface area (TPSA) is 70.7 Å². The van der Waals surface area contributed by atoms with Gasteiger partial charge in [0.1, 0.15) is 6.04 Å². The Labute approximate surface area is 137 Å².